The smallest absolute Gasteiger partial charge is 0.387 e. The van der Waals surface area contributed by atoms with Gasteiger partial charge in [0.15, 0.2) is 0 Å². The van der Waals surface area contributed by atoms with E-state index in [1.54, 1.807) is 6.08 Å². The zero-order valence-electron chi connectivity index (χ0n) is 34.1. The van der Waals surface area contributed by atoms with E-state index in [-0.39, 0.29) is 19.1 Å². The van der Waals surface area contributed by atoms with Crippen LogP contribution in [-0.2, 0) is 18.4 Å². The molecular weight excluding hydrogens is 659 g/mol. The standard InChI is InChI=1S/C42H83N2O6P/c1-6-8-10-12-14-16-18-19-20-21-22-23-24-25-26-27-29-31-33-35-41(45)40(39-50-51(47,48)49-38-37-44(3,4)5)43-42(46)36-34-32-30-28-17-15-13-11-9-7-2/h13,15,33,35,40-41,45H,6-12,14,16-32,34,36-39H2,1-5H3,(H-,43,46,47,48)/p+1/b15-13-,35-33+. The molecule has 0 bridgehead atoms. The van der Waals surface area contributed by atoms with E-state index >= 15 is 0 Å². The third-order valence-electron chi connectivity index (χ3n) is 9.42. The van der Waals surface area contributed by atoms with Crippen molar-refractivity contribution in [1.82, 2.24) is 5.32 Å². The number of likely N-dealkylation sites (N-methyl/N-ethyl adjacent to an activating group) is 1. The Balaban J connectivity index is 4.40. The van der Waals surface area contributed by atoms with Crippen molar-refractivity contribution in [2.24, 2.45) is 0 Å². The SMILES string of the molecule is CCCC/C=C\CCCCCCC(=O)NC(COP(=O)(O)OCC[N+](C)(C)C)C(O)/C=C/CCCCCCCCCCCCCCCCCCC. The van der Waals surface area contributed by atoms with Crippen LogP contribution in [0.25, 0.3) is 0 Å². The fraction of sp³-hybridized carbons (Fsp3) is 0.881. The molecular formula is C42H84N2O6P+. The number of phosphoric ester groups is 1. The van der Waals surface area contributed by atoms with Gasteiger partial charge in [-0.2, -0.15) is 0 Å². The lowest BCUT2D eigenvalue weighted by Crippen LogP contribution is -2.45. The number of unbranched alkanes of at least 4 members (excludes halogenated alkanes) is 23. The Morgan fingerprint density at radius 1 is 0.647 bits per heavy atom. The number of aliphatic hydroxyl groups is 1. The number of nitrogens with one attached hydrogen (secondary N) is 1. The van der Waals surface area contributed by atoms with Crippen LogP contribution in [0.15, 0.2) is 24.3 Å². The average Bonchev–Trinajstić information content (AvgIpc) is 3.07. The lowest BCUT2D eigenvalue weighted by Gasteiger charge is -2.25. The summed E-state index contributed by atoms with van der Waals surface area (Å²) >= 11 is 0. The molecule has 0 spiro atoms. The van der Waals surface area contributed by atoms with Crippen LogP contribution in [0.1, 0.15) is 187 Å². The third-order valence-corrected chi connectivity index (χ3v) is 10.4. The summed E-state index contributed by atoms with van der Waals surface area (Å²) in [5.74, 6) is -0.192. The second kappa shape index (κ2) is 34.7. The first-order valence-electron chi connectivity index (χ1n) is 21.2. The molecule has 3 atom stereocenters. The van der Waals surface area contributed by atoms with E-state index in [1.165, 1.54) is 109 Å². The zero-order valence-corrected chi connectivity index (χ0v) is 35.0. The van der Waals surface area contributed by atoms with Crippen LogP contribution in [0.5, 0.6) is 0 Å². The van der Waals surface area contributed by atoms with Crippen molar-refractivity contribution >= 4 is 13.7 Å². The van der Waals surface area contributed by atoms with Crippen LogP contribution in [0.4, 0.5) is 0 Å². The molecule has 1 amide bonds. The predicted molar refractivity (Wildman–Crippen MR) is 217 cm³/mol. The van der Waals surface area contributed by atoms with E-state index in [2.05, 4.69) is 31.3 Å². The molecule has 9 heteroatoms. The Morgan fingerprint density at radius 3 is 1.57 bits per heavy atom. The molecule has 0 aromatic carbocycles. The number of hydrogen-bond donors (Lipinski definition) is 3. The average molecular weight is 744 g/mol. The molecule has 0 heterocycles. The molecule has 0 aromatic rings. The van der Waals surface area contributed by atoms with Gasteiger partial charge in [-0.1, -0.05) is 167 Å². The molecule has 0 aliphatic carbocycles. The molecule has 3 unspecified atom stereocenters. The maximum absolute atomic E-state index is 12.8. The number of allylic oxidation sites excluding steroid dienone is 3. The summed E-state index contributed by atoms with van der Waals surface area (Å²) in [6.45, 7) is 4.75. The number of carbonyl (C=O) groups excluding carboxylic acids is 1. The van der Waals surface area contributed by atoms with Crippen molar-refractivity contribution in [3.05, 3.63) is 24.3 Å². The summed E-state index contributed by atoms with van der Waals surface area (Å²) in [5.41, 5.74) is 0. The molecule has 0 aliphatic heterocycles. The lowest BCUT2D eigenvalue weighted by atomic mass is 10.0. The minimum Gasteiger partial charge on any atom is -0.387 e. The topological polar surface area (TPSA) is 105 Å². The van der Waals surface area contributed by atoms with E-state index in [0.29, 0.717) is 17.4 Å². The zero-order chi connectivity index (χ0) is 37.9. The van der Waals surface area contributed by atoms with Crippen LogP contribution < -0.4 is 5.32 Å². The molecule has 0 rings (SSSR count). The van der Waals surface area contributed by atoms with Crippen LogP contribution >= 0.6 is 7.82 Å². The van der Waals surface area contributed by atoms with Gasteiger partial charge in [0.25, 0.3) is 0 Å². The number of aliphatic hydroxyl groups excluding tert-OH is 1. The minimum atomic E-state index is -4.33. The van der Waals surface area contributed by atoms with Gasteiger partial charge in [0.05, 0.1) is 39.9 Å². The first-order valence-corrected chi connectivity index (χ1v) is 22.7. The summed E-state index contributed by atoms with van der Waals surface area (Å²) in [6.07, 6.45) is 39.6. The normalized spacial score (nSPS) is 14.7. The van der Waals surface area contributed by atoms with E-state index in [1.807, 2.05) is 27.2 Å². The maximum atomic E-state index is 12.8. The Hall–Kier alpha value is -1.02. The number of amides is 1. The second-order valence-electron chi connectivity index (χ2n) is 15.7. The quantitative estimate of drug-likeness (QED) is 0.0252. The molecule has 302 valence electrons. The van der Waals surface area contributed by atoms with Gasteiger partial charge in [-0.25, -0.2) is 4.57 Å². The number of hydrogen-bond acceptors (Lipinski definition) is 5. The monoisotopic (exact) mass is 744 g/mol. The highest BCUT2D eigenvalue weighted by Gasteiger charge is 2.27. The van der Waals surface area contributed by atoms with Gasteiger partial charge in [0, 0.05) is 6.42 Å². The van der Waals surface area contributed by atoms with E-state index in [4.69, 9.17) is 9.05 Å². The Morgan fingerprint density at radius 2 is 1.08 bits per heavy atom. The summed E-state index contributed by atoms with van der Waals surface area (Å²) in [7, 11) is 1.56. The van der Waals surface area contributed by atoms with Gasteiger partial charge < -0.3 is 19.8 Å². The largest absolute Gasteiger partial charge is 0.472 e. The predicted octanol–water partition coefficient (Wildman–Crippen LogP) is 11.4. The van der Waals surface area contributed by atoms with Gasteiger partial charge in [-0.15, -0.1) is 0 Å². The van der Waals surface area contributed by atoms with Crippen molar-refractivity contribution in [1.29, 1.82) is 0 Å². The molecule has 0 aromatic heterocycles. The van der Waals surface area contributed by atoms with Gasteiger partial charge in [-0.3, -0.25) is 13.8 Å². The highest BCUT2D eigenvalue weighted by Crippen LogP contribution is 2.43. The van der Waals surface area contributed by atoms with Crippen LogP contribution in [-0.4, -0.2) is 73.4 Å². The number of quaternary nitrogens is 1. The number of rotatable bonds is 38. The van der Waals surface area contributed by atoms with E-state index in [9.17, 15) is 19.4 Å². The van der Waals surface area contributed by atoms with Gasteiger partial charge in [-0.05, 0) is 38.5 Å². The van der Waals surface area contributed by atoms with Gasteiger partial charge >= 0.3 is 7.82 Å². The molecule has 0 radical (unpaired) electrons. The third kappa shape index (κ3) is 37.1. The number of phosphoric acid groups is 1. The van der Waals surface area contributed by atoms with Crippen molar-refractivity contribution in [3.8, 4) is 0 Å². The van der Waals surface area contributed by atoms with Gasteiger partial charge in [0.1, 0.15) is 13.2 Å². The Labute approximate surface area is 315 Å². The highest BCUT2D eigenvalue weighted by molar-refractivity contribution is 7.47. The van der Waals surface area contributed by atoms with Crippen LogP contribution in [0, 0.1) is 0 Å². The van der Waals surface area contributed by atoms with Crippen molar-refractivity contribution in [3.63, 3.8) is 0 Å². The number of nitrogens with zero attached hydrogens (tertiary/aromatic N) is 1. The van der Waals surface area contributed by atoms with Crippen molar-refractivity contribution in [2.75, 3.05) is 40.9 Å². The van der Waals surface area contributed by atoms with Gasteiger partial charge in [0.2, 0.25) is 5.91 Å². The molecule has 0 saturated heterocycles. The summed E-state index contributed by atoms with van der Waals surface area (Å²) < 4.78 is 23.5. The summed E-state index contributed by atoms with van der Waals surface area (Å²) in [4.78, 5) is 23.0. The fourth-order valence-electron chi connectivity index (χ4n) is 5.96. The van der Waals surface area contributed by atoms with Crippen LogP contribution in [0.2, 0.25) is 0 Å². The van der Waals surface area contributed by atoms with E-state index < -0.39 is 20.0 Å². The van der Waals surface area contributed by atoms with Crippen molar-refractivity contribution < 1.29 is 32.9 Å². The molecule has 3 N–H and O–H groups in total. The molecule has 0 saturated carbocycles. The second-order valence-corrected chi connectivity index (χ2v) is 17.2. The number of carbonyl (C=O) groups is 1. The van der Waals surface area contributed by atoms with Crippen molar-refractivity contribution in [2.45, 2.75) is 199 Å². The molecule has 51 heavy (non-hydrogen) atoms. The first kappa shape index (κ1) is 50.0. The Kier molecular flexibility index (Phi) is 34.0. The first-order chi connectivity index (χ1) is 24.5. The Bertz CT molecular complexity index is 891. The van der Waals surface area contributed by atoms with Crippen LogP contribution in [0.3, 0.4) is 0 Å². The molecule has 8 nitrogen and oxygen atoms in total. The molecule has 0 aliphatic rings. The summed E-state index contributed by atoms with van der Waals surface area (Å²) in [6, 6.07) is -0.847. The lowest BCUT2D eigenvalue weighted by molar-refractivity contribution is -0.870. The molecule has 0 fully saturated rings. The minimum absolute atomic E-state index is 0.0602. The summed E-state index contributed by atoms with van der Waals surface area (Å²) in [5, 5.41) is 13.8. The highest BCUT2D eigenvalue weighted by atomic mass is 31.2. The maximum Gasteiger partial charge on any atom is 0.472 e. The fourth-order valence-corrected chi connectivity index (χ4v) is 6.70. The van der Waals surface area contributed by atoms with E-state index in [0.717, 1.165) is 57.8 Å².